The molecule has 0 amide bonds. The highest BCUT2D eigenvalue weighted by atomic mass is 19.4. The topological polar surface area (TPSA) is 69.5 Å². The second-order valence-electron chi connectivity index (χ2n) is 13.1. The summed E-state index contributed by atoms with van der Waals surface area (Å²) in [4.78, 5) is 6.68. The zero-order valence-electron chi connectivity index (χ0n) is 25.8. The lowest BCUT2D eigenvalue weighted by Gasteiger charge is -2.38. The molecule has 0 bridgehead atoms. The molecule has 11 heteroatoms. The Bertz CT molecular complexity index is 2100. The fourth-order valence-electron chi connectivity index (χ4n) is 6.92. The fourth-order valence-corrected chi connectivity index (χ4v) is 6.92. The van der Waals surface area contributed by atoms with E-state index in [4.69, 9.17) is 4.74 Å². The van der Waals surface area contributed by atoms with Crippen LogP contribution in [0.5, 0.6) is 0 Å². The normalized spacial score (nSPS) is 19.6. The van der Waals surface area contributed by atoms with Gasteiger partial charge in [0.15, 0.2) is 0 Å². The van der Waals surface area contributed by atoms with Crippen molar-refractivity contribution in [2.75, 3.05) is 6.61 Å². The van der Waals surface area contributed by atoms with Crippen molar-refractivity contribution in [2.45, 2.75) is 62.9 Å². The third-order valence-electron chi connectivity index (χ3n) is 9.64. The maximum Gasteiger partial charge on any atom is 0.416 e. The van der Waals surface area contributed by atoms with Crippen LogP contribution in [0.25, 0.3) is 44.3 Å². The third kappa shape index (κ3) is 5.21. The largest absolute Gasteiger partial charge is 0.416 e. The lowest BCUT2D eigenvalue weighted by atomic mass is 9.74. The highest BCUT2D eigenvalue weighted by Gasteiger charge is 2.51. The van der Waals surface area contributed by atoms with Crippen molar-refractivity contribution in [1.82, 2.24) is 20.2 Å². The van der Waals surface area contributed by atoms with Crippen LogP contribution in [0.1, 0.15) is 62.2 Å². The van der Waals surface area contributed by atoms with E-state index in [0.29, 0.717) is 52.9 Å². The summed E-state index contributed by atoms with van der Waals surface area (Å²) in [7, 11) is 0. The molecule has 0 saturated carbocycles. The van der Waals surface area contributed by atoms with E-state index in [9.17, 15) is 26.3 Å². The number of ether oxygens (including phenoxy) is 1. The van der Waals surface area contributed by atoms with Crippen LogP contribution in [0.2, 0.25) is 0 Å². The molecule has 1 aliphatic rings. The molecule has 244 valence electrons. The second-order valence-corrected chi connectivity index (χ2v) is 13.1. The number of nitrogens with one attached hydrogen (secondary N) is 3. The Balaban J connectivity index is 1.28. The van der Waals surface area contributed by atoms with E-state index < -0.39 is 34.8 Å². The van der Waals surface area contributed by atoms with Gasteiger partial charge in [-0.05, 0) is 62.6 Å². The number of alkyl halides is 6. The maximum atomic E-state index is 14.4. The van der Waals surface area contributed by atoms with E-state index in [1.165, 1.54) is 12.1 Å². The van der Waals surface area contributed by atoms with Gasteiger partial charge in [-0.1, -0.05) is 55.5 Å². The first-order valence-electron chi connectivity index (χ1n) is 15.3. The number of nitrogens with zero attached hydrogens (tertiary/aromatic N) is 1. The summed E-state index contributed by atoms with van der Waals surface area (Å²) >= 11 is 0. The quantitative estimate of drug-likeness (QED) is 0.163. The van der Waals surface area contributed by atoms with E-state index in [1.807, 2.05) is 24.3 Å². The Hall–Kier alpha value is -4.51. The number of para-hydroxylation sites is 2. The monoisotopic (exact) mass is 650 g/mol. The highest BCUT2D eigenvalue weighted by molar-refractivity contribution is 5.98. The molecule has 1 saturated heterocycles. The van der Waals surface area contributed by atoms with Crippen LogP contribution >= 0.6 is 0 Å². The summed E-state index contributed by atoms with van der Waals surface area (Å²) in [6.45, 7) is 4.74. The van der Waals surface area contributed by atoms with Crippen LogP contribution in [-0.4, -0.2) is 32.9 Å². The molecule has 0 radical (unpaired) electrons. The van der Waals surface area contributed by atoms with Gasteiger partial charge in [-0.15, -0.1) is 0 Å². The van der Waals surface area contributed by atoms with Crippen LogP contribution < -0.4 is 0 Å². The van der Waals surface area contributed by atoms with Gasteiger partial charge in [0.2, 0.25) is 0 Å². The maximum absolute atomic E-state index is 14.4. The molecular weight excluding hydrogens is 618 g/mol. The fraction of sp³-hybridized carbons (Fsp3) is 0.306. The molecule has 7 rings (SSSR count). The first kappa shape index (κ1) is 31.1. The van der Waals surface area contributed by atoms with Gasteiger partial charge in [0, 0.05) is 50.6 Å². The predicted molar refractivity (Wildman–Crippen MR) is 169 cm³/mol. The molecule has 3 N–H and O–H groups in total. The number of aromatic amines is 3. The second kappa shape index (κ2) is 10.8. The molecule has 3 aromatic carbocycles. The molecule has 2 atom stereocenters. The minimum atomic E-state index is -4.52. The van der Waals surface area contributed by atoms with Crippen LogP contribution in [0.3, 0.4) is 0 Å². The number of rotatable bonds is 5. The van der Waals surface area contributed by atoms with E-state index >= 15 is 0 Å². The number of aromatic nitrogens is 4. The SMILES string of the molecule is CC1(c2[nH]c3ccccc3c2-c2cccc(C(F)(F)F)c2)CCOC(c2cc(-c3[nH]c4ccccc4c3C(C)(C)C(F)(F)F)n[nH]2)C1. The zero-order chi connectivity index (χ0) is 33.4. The number of hydrogen-bond acceptors (Lipinski definition) is 2. The Morgan fingerprint density at radius 2 is 1.51 bits per heavy atom. The van der Waals surface area contributed by atoms with E-state index in [0.717, 1.165) is 36.5 Å². The lowest BCUT2D eigenvalue weighted by Crippen LogP contribution is -2.36. The van der Waals surface area contributed by atoms with E-state index in [1.54, 1.807) is 36.4 Å². The average Bonchev–Trinajstić information content (AvgIpc) is 3.76. The molecular formula is C36H32F6N4O. The third-order valence-corrected chi connectivity index (χ3v) is 9.64. The Morgan fingerprint density at radius 3 is 2.21 bits per heavy atom. The van der Waals surface area contributed by atoms with Gasteiger partial charge in [0.05, 0.1) is 28.5 Å². The number of fused-ring (bicyclic) bond motifs is 2. The molecule has 47 heavy (non-hydrogen) atoms. The van der Waals surface area contributed by atoms with Crippen LogP contribution in [0.15, 0.2) is 78.9 Å². The smallest absolute Gasteiger partial charge is 0.372 e. The van der Waals surface area contributed by atoms with Gasteiger partial charge in [-0.25, -0.2) is 0 Å². The summed E-state index contributed by atoms with van der Waals surface area (Å²) in [5.41, 5.74) is 1.20. The molecule has 0 spiro atoms. The summed E-state index contributed by atoms with van der Waals surface area (Å²) < 4.78 is 90.5. The summed E-state index contributed by atoms with van der Waals surface area (Å²) in [6.07, 6.45) is -8.47. The predicted octanol–water partition coefficient (Wildman–Crippen LogP) is 10.4. The van der Waals surface area contributed by atoms with Crippen LogP contribution in [0, 0.1) is 0 Å². The van der Waals surface area contributed by atoms with Gasteiger partial charge in [0.25, 0.3) is 0 Å². The minimum absolute atomic E-state index is 0.108. The highest BCUT2D eigenvalue weighted by Crippen LogP contribution is 2.50. The first-order chi connectivity index (χ1) is 22.2. The van der Waals surface area contributed by atoms with Crippen molar-refractivity contribution < 1.29 is 31.1 Å². The summed E-state index contributed by atoms with van der Waals surface area (Å²) in [5.74, 6) is 0. The molecule has 4 heterocycles. The first-order valence-corrected chi connectivity index (χ1v) is 15.3. The number of benzene rings is 3. The Labute approximate surface area is 266 Å². The number of halogens is 6. The molecule has 3 aromatic heterocycles. The molecule has 5 nitrogen and oxygen atoms in total. The van der Waals surface area contributed by atoms with Crippen molar-refractivity contribution in [3.8, 4) is 22.5 Å². The molecule has 1 fully saturated rings. The van der Waals surface area contributed by atoms with Gasteiger partial charge in [-0.2, -0.15) is 31.4 Å². The minimum Gasteiger partial charge on any atom is -0.372 e. The summed E-state index contributed by atoms with van der Waals surface area (Å²) in [6, 6.07) is 21.5. The van der Waals surface area contributed by atoms with Crippen molar-refractivity contribution in [2.24, 2.45) is 0 Å². The van der Waals surface area contributed by atoms with Crippen molar-refractivity contribution in [3.63, 3.8) is 0 Å². The van der Waals surface area contributed by atoms with Gasteiger partial charge < -0.3 is 14.7 Å². The van der Waals surface area contributed by atoms with E-state index in [-0.39, 0.29) is 11.3 Å². The average molecular weight is 651 g/mol. The molecule has 2 unspecified atom stereocenters. The Morgan fingerprint density at radius 1 is 0.830 bits per heavy atom. The summed E-state index contributed by atoms with van der Waals surface area (Å²) in [5, 5.41) is 8.74. The van der Waals surface area contributed by atoms with Crippen molar-refractivity contribution in [3.05, 3.63) is 101 Å². The number of H-pyrrole nitrogens is 3. The zero-order valence-corrected chi connectivity index (χ0v) is 25.8. The van der Waals surface area contributed by atoms with Crippen LogP contribution in [0.4, 0.5) is 26.3 Å². The molecule has 6 aromatic rings. The van der Waals surface area contributed by atoms with Gasteiger partial charge in [-0.3, -0.25) is 5.10 Å². The Kier molecular flexibility index (Phi) is 7.13. The standard InChI is InChI=1S/C36H32F6N4O/c1-33(2,36(40,41)42)30-23-12-5-7-14-25(23)43-31(30)27-18-26(45-46-27)28-19-34(3,15-16-47-28)32-29(22-11-4-6-13-24(22)44-32)20-9-8-10-21(17-20)35(37,38)39/h4-14,17-18,28,43-44H,15-16,19H2,1-3H3,(H,45,46). The number of hydrogen-bond donors (Lipinski definition) is 3. The van der Waals surface area contributed by atoms with Gasteiger partial charge in [0.1, 0.15) is 5.69 Å². The van der Waals surface area contributed by atoms with E-state index in [2.05, 4.69) is 27.1 Å². The van der Waals surface area contributed by atoms with Crippen LogP contribution in [-0.2, 0) is 21.7 Å². The molecule has 1 aliphatic heterocycles. The van der Waals surface area contributed by atoms with Crippen molar-refractivity contribution >= 4 is 21.8 Å². The van der Waals surface area contributed by atoms with Gasteiger partial charge >= 0.3 is 12.4 Å². The lowest BCUT2D eigenvalue weighted by molar-refractivity contribution is -0.179. The molecule has 0 aliphatic carbocycles. The van der Waals surface area contributed by atoms with Crippen molar-refractivity contribution in [1.29, 1.82) is 0 Å².